The standard InChI is InChI=1S/C13H15F3N2O3/c1-11(2,3)17-8-12(19,13(14,15)16)9-4-6-10(7-5-9)18(20)21/h4-8,19H,1-3H3. The first kappa shape index (κ1) is 17.1. The number of rotatable bonds is 3. The topological polar surface area (TPSA) is 75.7 Å². The molecule has 8 heteroatoms. The van der Waals surface area contributed by atoms with Crippen LogP contribution in [0.3, 0.4) is 0 Å². The van der Waals surface area contributed by atoms with Gasteiger partial charge in [-0.25, -0.2) is 0 Å². The number of hydrogen-bond donors (Lipinski definition) is 1. The lowest BCUT2D eigenvalue weighted by Gasteiger charge is -2.28. The molecule has 1 rings (SSSR count). The Kier molecular flexibility index (Phi) is 4.43. The van der Waals surface area contributed by atoms with E-state index in [0.717, 1.165) is 24.3 Å². The highest BCUT2D eigenvalue weighted by Crippen LogP contribution is 2.38. The number of nitro benzene ring substituents is 1. The molecule has 0 bridgehead atoms. The number of nitro groups is 1. The van der Waals surface area contributed by atoms with Gasteiger partial charge in [0.2, 0.25) is 5.60 Å². The van der Waals surface area contributed by atoms with Crippen molar-refractivity contribution in [3.8, 4) is 0 Å². The van der Waals surface area contributed by atoms with Crippen molar-refractivity contribution in [1.82, 2.24) is 0 Å². The Morgan fingerprint density at radius 2 is 1.67 bits per heavy atom. The fourth-order valence-electron chi connectivity index (χ4n) is 1.44. The van der Waals surface area contributed by atoms with Gasteiger partial charge in [-0.1, -0.05) is 0 Å². The number of aliphatic imine (C=N–C) groups is 1. The summed E-state index contributed by atoms with van der Waals surface area (Å²) in [5, 5.41) is 20.5. The van der Waals surface area contributed by atoms with Crippen molar-refractivity contribution >= 4 is 11.9 Å². The largest absolute Gasteiger partial charge is 0.426 e. The van der Waals surface area contributed by atoms with E-state index in [-0.39, 0.29) is 5.69 Å². The van der Waals surface area contributed by atoms with E-state index in [1.54, 1.807) is 20.8 Å². The molecule has 0 amide bonds. The second-order valence-corrected chi connectivity index (χ2v) is 5.50. The van der Waals surface area contributed by atoms with Crippen LogP contribution in [0.5, 0.6) is 0 Å². The summed E-state index contributed by atoms with van der Waals surface area (Å²) >= 11 is 0. The second-order valence-electron chi connectivity index (χ2n) is 5.50. The first-order valence-electron chi connectivity index (χ1n) is 5.97. The van der Waals surface area contributed by atoms with Crippen LogP contribution in [0.2, 0.25) is 0 Å². The van der Waals surface area contributed by atoms with E-state index in [2.05, 4.69) is 4.99 Å². The minimum absolute atomic E-state index is 0.365. The molecule has 5 nitrogen and oxygen atoms in total. The Balaban J connectivity index is 3.32. The summed E-state index contributed by atoms with van der Waals surface area (Å²) in [4.78, 5) is 13.5. The Morgan fingerprint density at radius 3 is 2.00 bits per heavy atom. The molecule has 0 saturated carbocycles. The van der Waals surface area contributed by atoms with Crippen molar-refractivity contribution in [2.45, 2.75) is 38.1 Å². The normalized spacial score (nSPS) is 16.0. The van der Waals surface area contributed by atoms with Crippen molar-refractivity contribution in [1.29, 1.82) is 0 Å². The molecule has 1 aromatic carbocycles. The molecule has 0 aliphatic heterocycles. The summed E-state index contributed by atoms with van der Waals surface area (Å²) in [6.07, 6.45) is -4.58. The number of benzene rings is 1. The monoisotopic (exact) mass is 304 g/mol. The fraction of sp³-hybridized carbons (Fsp3) is 0.462. The minimum Gasteiger partial charge on any atom is -0.371 e. The maximum Gasteiger partial charge on any atom is 0.426 e. The van der Waals surface area contributed by atoms with Gasteiger partial charge in [0.1, 0.15) is 0 Å². The number of hydrogen-bond acceptors (Lipinski definition) is 4. The highest BCUT2D eigenvalue weighted by molar-refractivity contribution is 5.73. The predicted octanol–water partition coefficient (Wildman–Crippen LogP) is 3.21. The maximum atomic E-state index is 13.1. The highest BCUT2D eigenvalue weighted by Gasteiger charge is 2.54. The molecule has 0 aromatic heterocycles. The van der Waals surface area contributed by atoms with Crippen LogP contribution in [0.15, 0.2) is 29.3 Å². The molecule has 21 heavy (non-hydrogen) atoms. The van der Waals surface area contributed by atoms with Crippen LogP contribution >= 0.6 is 0 Å². The fourth-order valence-corrected chi connectivity index (χ4v) is 1.44. The minimum atomic E-state index is -5.00. The van der Waals surface area contributed by atoms with Crippen molar-refractivity contribution < 1.29 is 23.2 Å². The van der Waals surface area contributed by atoms with Crippen molar-refractivity contribution in [2.75, 3.05) is 0 Å². The number of alkyl halides is 3. The van der Waals surface area contributed by atoms with E-state index in [4.69, 9.17) is 0 Å². The smallest absolute Gasteiger partial charge is 0.371 e. The van der Waals surface area contributed by atoms with Crippen LogP contribution < -0.4 is 0 Å². The average Bonchev–Trinajstić information content (AvgIpc) is 2.33. The molecule has 116 valence electrons. The Labute approximate surface area is 119 Å². The van der Waals surface area contributed by atoms with Gasteiger partial charge in [-0.05, 0) is 38.5 Å². The molecule has 0 radical (unpaired) electrons. The molecular weight excluding hydrogens is 289 g/mol. The number of non-ortho nitro benzene ring substituents is 1. The summed E-state index contributed by atoms with van der Waals surface area (Å²) in [6, 6.07) is 3.52. The molecule has 0 heterocycles. The molecule has 1 atom stereocenters. The molecule has 0 spiro atoms. The second kappa shape index (κ2) is 5.44. The molecule has 0 aliphatic rings. The number of nitrogens with zero attached hydrogens (tertiary/aromatic N) is 2. The molecule has 0 aliphatic carbocycles. The third-order valence-electron chi connectivity index (χ3n) is 2.59. The van der Waals surface area contributed by atoms with Gasteiger partial charge < -0.3 is 5.11 Å². The summed E-state index contributed by atoms with van der Waals surface area (Å²) in [6.45, 7) is 4.74. The average molecular weight is 304 g/mol. The Morgan fingerprint density at radius 1 is 1.19 bits per heavy atom. The van der Waals surface area contributed by atoms with Crippen molar-refractivity contribution in [2.24, 2.45) is 4.99 Å². The molecule has 1 unspecified atom stereocenters. The Hall–Kier alpha value is -1.96. The number of halogens is 3. The highest BCUT2D eigenvalue weighted by atomic mass is 19.4. The molecule has 0 fully saturated rings. The van der Waals surface area contributed by atoms with Gasteiger partial charge in [-0.15, -0.1) is 0 Å². The first-order valence-corrected chi connectivity index (χ1v) is 5.97. The van der Waals surface area contributed by atoms with E-state index in [1.165, 1.54) is 0 Å². The van der Waals surface area contributed by atoms with Gasteiger partial charge in [0, 0.05) is 18.3 Å². The lowest BCUT2D eigenvalue weighted by molar-refractivity contribution is -0.384. The third kappa shape index (κ3) is 4.01. The van der Waals surface area contributed by atoms with Gasteiger partial charge >= 0.3 is 6.18 Å². The van der Waals surface area contributed by atoms with Crippen LogP contribution in [-0.4, -0.2) is 28.0 Å². The van der Waals surface area contributed by atoms with Gasteiger partial charge in [-0.3, -0.25) is 15.1 Å². The van der Waals surface area contributed by atoms with E-state index < -0.39 is 27.8 Å². The summed E-state index contributed by atoms with van der Waals surface area (Å²) < 4.78 is 39.4. The van der Waals surface area contributed by atoms with Gasteiger partial charge in [-0.2, -0.15) is 13.2 Å². The van der Waals surface area contributed by atoms with Crippen LogP contribution in [0.4, 0.5) is 18.9 Å². The van der Waals surface area contributed by atoms with Crippen molar-refractivity contribution in [3.05, 3.63) is 39.9 Å². The van der Waals surface area contributed by atoms with Gasteiger partial charge in [0.25, 0.3) is 5.69 Å². The molecule has 1 N–H and O–H groups in total. The van der Waals surface area contributed by atoms with Gasteiger partial charge in [0.05, 0.1) is 10.5 Å². The van der Waals surface area contributed by atoms with E-state index >= 15 is 0 Å². The third-order valence-corrected chi connectivity index (χ3v) is 2.59. The summed E-state index contributed by atoms with van der Waals surface area (Å²) in [5.41, 5.74) is -5.00. The number of aliphatic hydroxyl groups is 1. The van der Waals surface area contributed by atoms with Crippen LogP contribution in [0, 0.1) is 10.1 Å². The van der Waals surface area contributed by atoms with Crippen LogP contribution in [0.1, 0.15) is 26.3 Å². The van der Waals surface area contributed by atoms with Crippen LogP contribution in [0.25, 0.3) is 0 Å². The van der Waals surface area contributed by atoms with E-state index in [1.807, 2.05) is 0 Å². The van der Waals surface area contributed by atoms with E-state index in [9.17, 15) is 28.4 Å². The summed E-state index contributed by atoms with van der Waals surface area (Å²) in [7, 11) is 0. The summed E-state index contributed by atoms with van der Waals surface area (Å²) in [5.74, 6) is 0. The SMILES string of the molecule is CC(C)(C)N=CC(O)(c1ccc([N+](=O)[O-])cc1)C(F)(F)F. The Bertz CT molecular complexity index is 547. The van der Waals surface area contributed by atoms with Crippen LogP contribution in [-0.2, 0) is 5.60 Å². The molecule has 1 aromatic rings. The van der Waals surface area contributed by atoms with Crippen molar-refractivity contribution in [3.63, 3.8) is 0 Å². The lowest BCUT2D eigenvalue weighted by Crippen LogP contribution is -2.44. The molecular formula is C13H15F3N2O3. The lowest BCUT2D eigenvalue weighted by atomic mass is 9.93. The zero-order valence-electron chi connectivity index (χ0n) is 11.7. The molecule has 0 saturated heterocycles. The first-order chi connectivity index (χ1) is 9.37. The zero-order chi connectivity index (χ0) is 16.5. The van der Waals surface area contributed by atoms with E-state index in [0.29, 0.717) is 6.21 Å². The predicted molar refractivity (Wildman–Crippen MR) is 71.3 cm³/mol. The van der Waals surface area contributed by atoms with Gasteiger partial charge in [0.15, 0.2) is 0 Å². The quantitative estimate of drug-likeness (QED) is 0.529. The zero-order valence-corrected chi connectivity index (χ0v) is 11.7. The maximum absolute atomic E-state index is 13.1.